The van der Waals surface area contributed by atoms with Gasteiger partial charge in [0.25, 0.3) is 5.91 Å². The van der Waals surface area contributed by atoms with E-state index in [2.05, 4.69) is 28.1 Å². The zero-order valence-corrected chi connectivity index (χ0v) is 26.7. The average molecular weight is 619 g/mol. The van der Waals surface area contributed by atoms with Gasteiger partial charge in [0.2, 0.25) is 0 Å². The average Bonchev–Trinajstić information content (AvgIpc) is 3.28. The molecule has 238 valence electrons. The lowest BCUT2D eigenvalue weighted by Crippen LogP contribution is -2.54. The summed E-state index contributed by atoms with van der Waals surface area (Å²) in [6, 6.07) is 21.5. The Balaban J connectivity index is 1.31. The first-order chi connectivity index (χ1) is 22.3. The minimum absolute atomic E-state index is 0.0503. The van der Waals surface area contributed by atoms with E-state index in [0.29, 0.717) is 37.5 Å². The smallest absolute Gasteiger partial charge is 0.328 e. The third-order valence-corrected chi connectivity index (χ3v) is 9.95. The Hall–Kier alpha value is -4.65. The van der Waals surface area contributed by atoms with Gasteiger partial charge >= 0.3 is 5.97 Å². The van der Waals surface area contributed by atoms with Gasteiger partial charge in [-0.25, -0.2) is 4.79 Å². The number of Topliss-reactive ketones (excluding diaryl/α,β-unsaturated/α-hetero) is 1. The molecule has 0 spiro atoms. The molecule has 4 aromatic rings. The molecule has 0 atom stereocenters. The number of fused-ring (bicyclic) bond motifs is 5. The minimum Gasteiger partial charge on any atom is -0.491 e. The number of carboxylic acids is 1. The number of aliphatic carboxylic acids is 1. The number of aromatic nitrogens is 1. The molecular formula is C39H42N2O5. The number of hydrogen-bond acceptors (Lipinski definition) is 4. The highest BCUT2D eigenvalue weighted by atomic mass is 16.5. The Morgan fingerprint density at radius 3 is 2.43 bits per heavy atom. The lowest BCUT2D eigenvalue weighted by molar-refractivity contribution is -0.131. The third kappa shape index (κ3) is 6.11. The van der Waals surface area contributed by atoms with Gasteiger partial charge in [0.15, 0.2) is 5.78 Å². The molecule has 1 saturated carbocycles. The second kappa shape index (κ2) is 13.4. The molecule has 7 heteroatoms. The van der Waals surface area contributed by atoms with Crippen molar-refractivity contribution >= 4 is 34.6 Å². The van der Waals surface area contributed by atoms with Crippen LogP contribution in [0.3, 0.4) is 0 Å². The number of amides is 1. The van der Waals surface area contributed by atoms with Crippen LogP contribution in [-0.2, 0) is 22.6 Å². The molecule has 2 aliphatic rings. The second-order valence-electron chi connectivity index (χ2n) is 12.6. The number of nitrogens with one attached hydrogen (secondary N) is 1. The molecular weight excluding hydrogens is 576 g/mol. The first-order valence-corrected chi connectivity index (χ1v) is 16.6. The zero-order valence-electron chi connectivity index (χ0n) is 26.7. The van der Waals surface area contributed by atoms with Gasteiger partial charge in [0.05, 0.1) is 17.8 Å². The van der Waals surface area contributed by atoms with E-state index >= 15 is 0 Å². The van der Waals surface area contributed by atoms with E-state index in [1.165, 1.54) is 42.0 Å². The van der Waals surface area contributed by atoms with E-state index in [9.17, 15) is 14.4 Å². The number of nitrogens with zero attached hydrogens (tertiary/aromatic N) is 1. The summed E-state index contributed by atoms with van der Waals surface area (Å²) in [7, 11) is 0. The molecule has 0 unspecified atom stereocenters. The Morgan fingerprint density at radius 1 is 0.978 bits per heavy atom. The van der Waals surface area contributed by atoms with Crippen LogP contribution in [-0.4, -0.2) is 39.5 Å². The molecule has 1 amide bonds. The van der Waals surface area contributed by atoms with Crippen molar-refractivity contribution in [3.05, 3.63) is 95.1 Å². The molecule has 1 fully saturated rings. The lowest BCUT2D eigenvalue weighted by atomic mass is 9.81. The van der Waals surface area contributed by atoms with Crippen molar-refractivity contribution in [2.24, 2.45) is 0 Å². The molecule has 0 saturated heterocycles. The third-order valence-electron chi connectivity index (χ3n) is 9.95. The number of carbonyl (C=O) groups excluding carboxylic acids is 2. The summed E-state index contributed by atoms with van der Waals surface area (Å²) in [5.74, 6) is 0.0469. The normalized spacial score (nSPS) is 15.2. The summed E-state index contributed by atoms with van der Waals surface area (Å²) < 4.78 is 8.53. The predicted octanol–water partition coefficient (Wildman–Crippen LogP) is 7.95. The van der Waals surface area contributed by atoms with Crippen LogP contribution in [0.2, 0.25) is 0 Å². The number of carboxylic acid groups (broad SMARTS) is 1. The Morgan fingerprint density at radius 2 is 1.72 bits per heavy atom. The molecule has 2 N–H and O–H groups in total. The van der Waals surface area contributed by atoms with Crippen molar-refractivity contribution in [2.75, 3.05) is 6.61 Å². The van der Waals surface area contributed by atoms with Gasteiger partial charge in [-0.15, -0.1) is 0 Å². The summed E-state index contributed by atoms with van der Waals surface area (Å²) in [5, 5.41) is 13.2. The summed E-state index contributed by atoms with van der Waals surface area (Å²) >= 11 is 0. The summed E-state index contributed by atoms with van der Waals surface area (Å²) in [4.78, 5) is 38.5. The van der Waals surface area contributed by atoms with Crippen molar-refractivity contribution < 1.29 is 24.2 Å². The largest absolute Gasteiger partial charge is 0.491 e. The molecule has 7 nitrogen and oxygen atoms in total. The quantitative estimate of drug-likeness (QED) is 0.176. The molecule has 2 heterocycles. The van der Waals surface area contributed by atoms with Gasteiger partial charge in [-0.1, -0.05) is 75.6 Å². The molecule has 6 rings (SSSR count). The highest BCUT2D eigenvalue weighted by Crippen LogP contribution is 2.47. The highest BCUT2D eigenvalue weighted by Gasteiger charge is 2.36. The number of benzene rings is 3. The van der Waals surface area contributed by atoms with Crippen molar-refractivity contribution in [3.63, 3.8) is 0 Å². The van der Waals surface area contributed by atoms with E-state index in [1.54, 1.807) is 12.1 Å². The predicted molar refractivity (Wildman–Crippen MR) is 181 cm³/mol. The van der Waals surface area contributed by atoms with Crippen LogP contribution in [0.1, 0.15) is 91.8 Å². The summed E-state index contributed by atoms with van der Waals surface area (Å²) in [6.07, 6.45) is 9.76. The number of rotatable bonds is 10. The van der Waals surface area contributed by atoms with Gasteiger partial charge in [-0.05, 0) is 78.6 Å². The number of ether oxygens (including phenoxy) is 1. The van der Waals surface area contributed by atoms with Crippen molar-refractivity contribution in [1.29, 1.82) is 0 Å². The van der Waals surface area contributed by atoms with Gasteiger partial charge in [-0.2, -0.15) is 0 Å². The second-order valence-corrected chi connectivity index (χ2v) is 12.6. The van der Waals surface area contributed by atoms with Crippen LogP contribution in [0.15, 0.2) is 72.8 Å². The Kier molecular flexibility index (Phi) is 9.11. The van der Waals surface area contributed by atoms with E-state index < -0.39 is 11.5 Å². The van der Waals surface area contributed by atoms with E-state index in [4.69, 9.17) is 9.84 Å². The standard InChI is InChI=1S/C39H42N2O5/c1-3-39(4-2,34(42)24-27-16-14-26(15-17-27)18-21-35(43)44)40-38(45)29-19-20-30-32(25-29)41-22-23-46-33-13-9-8-12-31(33)37(41)36(30)28-10-6-5-7-11-28/h8-9,12-21,25,28H,3-7,10-11,22-24H2,1-2H3,(H,40,45)(H,43,44)/b21-18+. The van der Waals surface area contributed by atoms with Crippen LogP contribution in [0.25, 0.3) is 28.2 Å². The Labute approximate surface area is 270 Å². The number of ketones is 1. The first-order valence-electron chi connectivity index (χ1n) is 16.6. The van der Waals surface area contributed by atoms with Gasteiger partial charge in [-0.3, -0.25) is 9.59 Å². The number of carbonyl (C=O) groups is 3. The number of para-hydroxylation sites is 1. The molecule has 3 aromatic carbocycles. The molecule has 1 aliphatic carbocycles. The highest BCUT2D eigenvalue weighted by molar-refractivity contribution is 6.04. The Bertz CT molecular complexity index is 1790. The maximum atomic E-state index is 13.9. The maximum absolute atomic E-state index is 13.9. The van der Waals surface area contributed by atoms with E-state index in [-0.39, 0.29) is 18.1 Å². The van der Waals surface area contributed by atoms with E-state index in [1.807, 2.05) is 50.2 Å². The van der Waals surface area contributed by atoms with Crippen LogP contribution in [0, 0.1) is 0 Å². The molecule has 0 radical (unpaired) electrons. The molecule has 1 aromatic heterocycles. The van der Waals surface area contributed by atoms with Gasteiger partial charge < -0.3 is 19.7 Å². The first kappa shape index (κ1) is 31.3. The van der Waals surface area contributed by atoms with Crippen molar-refractivity contribution in [2.45, 2.75) is 83.2 Å². The fourth-order valence-electron chi connectivity index (χ4n) is 7.33. The van der Waals surface area contributed by atoms with E-state index in [0.717, 1.165) is 46.9 Å². The maximum Gasteiger partial charge on any atom is 0.328 e. The molecule has 1 aliphatic heterocycles. The van der Waals surface area contributed by atoms with Gasteiger partial charge in [0.1, 0.15) is 12.4 Å². The lowest BCUT2D eigenvalue weighted by Gasteiger charge is -2.31. The monoisotopic (exact) mass is 618 g/mol. The fraction of sp³-hybridized carbons (Fsp3) is 0.359. The zero-order chi connectivity index (χ0) is 32.3. The summed E-state index contributed by atoms with van der Waals surface area (Å²) in [5.41, 5.74) is 5.80. The number of hydrogen-bond donors (Lipinski definition) is 2. The molecule has 46 heavy (non-hydrogen) atoms. The minimum atomic E-state index is -1.01. The topological polar surface area (TPSA) is 97.6 Å². The van der Waals surface area contributed by atoms with Crippen LogP contribution in [0.5, 0.6) is 5.75 Å². The summed E-state index contributed by atoms with van der Waals surface area (Å²) in [6.45, 7) is 5.11. The van der Waals surface area contributed by atoms with Gasteiger partial charge in [0, 0.05) is 34.5 Å². The fourth-order valence-corrected chi connectivity index (χ4v) is 7.33. The van der Waals surface area contributed by atoms with Crippen LogP contribution < -0.4 is 10.1 Å². The van der Waals surface area contributed by atoms with Crippen molar-refractivity contribution in [1.82, 2.24) is 9.88 Å². The van der Waals surface area contributed by atoms with Crippen molar-refractivity contribution in [3.8, 4) is 17.0 Å². The van der Waals surface area contributed by atoms with Crippen LogP contribution in [0.4, 0.5) is 0 Å². The SMILES string of the molecule is CCC(CC)(NC(=O)c1ccc2c(C3CCCCC3)c3n(c2c1)CCOc1ccccc1-3)C(=O)Cc1ccc(/C=C/C(=O)O)cc1. The van der Waals surface area contributed by atoms with Crippen LogP contribution >= 0.6 is 0 Å². The molecule has 0 bridgehead atoms.